The van der Waals surface area contributed by atoms with Crippen molar-refractivity contribution in [2.45, 2.75) is 56.4 Å². The minimum Gasteiger partial charge on any atom is -0.424 e. The van der Waals surface area contributed by atoms with Gasteiger partial charge in [-0.25, -0.2) is 4.39 Å². The van der Waals surface area contributed by atoms with Crippen LogP contribution < -0.4 is 16.0 Å². The number of amides is 2. The monoisotopic (exact) mass is 492 g/mol. The summed E-state index contributed by atoms with van der Waals surface area (Å²) in [7, 11) is 0. The number of aromatic nitrogens is 1. The predicted molar refractivity (Wildman–Crippen MR) is 133 cm³/mol. The van der Waals surface area contributed by atoms with Crippen LogP contribution in [0.4, 0.5) is 21.8 Å². The van der Waals surface area contributed by atoms with E-state index in [1.165, 1.54) is 18.2 Å². The van der Waals surface area contributed by atoms with E-state index in [9.17, 15) is 14.0 Å². The lowest BCUT2D eigenvalue weighted by Gasteiger charge is -2.31. The van der Waals surface area contributed by atoms with Crippen molar-refractivity contribution in [3.63, 3.8) is 0 Å². The lowest BCUT2D eigenvalue weighted by atomic mass is 9.75. The molecule has 2 aliphatic heterocycles. The molecule has 188 valence electrons. The fraction of sp³-hybridized carbons (Fsp3) is 0.444. The fourth-order valence-corrected chi connectivity index (χ4v) is 5.90. The molecular weight excluding hydrogens is 463 g/mol. The van der Waals surface area contributed by atoms with E-state index >= 15 is 0 Å². The number of nitrogens with one attached hydrogen (secondary N) is 3. The summed E-state index contributed by atoms with van der Waals surface area (Å²) in [6, 6.07) is 9.42. The fourth-order valence-electron chi connectivity index (χ4n) is 5.90. The van der Waals surface area contributed by atoms with Crippen molar-refractivity contribution in [3.05, 3.63) is 47.8 Å². The highest BCUT2D eigenvalue weighted by Gasteiger charge is 2.47. The van der Waals surface area contributed by atoms with E-state index in [0.717, 1.165) is 43.4 Å². The summed E-state index contributed by atoms with van der Waals surface area (Å²) < 4.78 is 24.8. The molecule has 2 aromatic carbocycles. The number of hydrogen-bond acceptors (Lipinski definition) is 6. The molecule has 0 bridgehead atoms. The molecule has 36 heavy (non-hydrogen) atoms. The Kier molecular flexibility index (Phi) is 5.87. The van der Waals surface area contributed by atoms with E-state index in [-0.39, 0.29) is 23.7 Å². The van der Waals surface area contributed by atoms with Gasteiger partial charge < -0.3 is 25.1 Å². The highest BCUT2D eigenvalue weighted by Crippen LogP contribution is 2.45. The van der Waals surface area contributed by atoms with Crippen LogP contribution in [0.15, 0.2) is 40.8 Å². The topological polar surface area (TPSA) is 105 Å². The van der Waals surface area contributed by atoms with E-state index in [4.69, 9.17) is 9.15 Å². The van der Waals surface area contributed by atoms with Crippen LogP contribution in [0.5, 0.6) is 0 Å². The van der Waals surface area contributed by atoms with Gasteiger partial charge in [-0.05, 0) is 61.4 Å². The molecule has 1 saturated heterocycles. The van der Waals surface area contributed by atoms with Gasteiger partial charge in [0.25, 0.3) is 6.01 Å². The molecule has 2 fully saturated rings. The number of benzene rings is 2. The van der Waals surface area contributed by atoms with Crippen LogP contribution in [0.2, 0.25) is 0 Å². The summed E-state index contributed by atoms with van der Waals surface area (Å²) in [4.78, 5) is 30.7. The molecule has 1 atom stereocenters. The largest absolute Gasteiger partial charge is 0.424 e. The average Bonchev–Trinajstić information content (AvgIpc) is 3.40. The van der Waals surface area contributed by atoms with Gasteiger partial charge in [-0.3, -0.25) is 9.59 Å². The number of carbonyl (C=O) groups is 2. The third kappa shape index (κ3) is 4.11. The lowest BCUT2D eigenvalue weighted by Crippen LogP contribution is -2.41. The first kappa shape index (κ1) is 23.0. The highest BCUT2D eigenvalue weighted by atomic mass is 19.1. The highest BCUT2D eigenvalue weighted by molar-refractivity contribution is 6.07. The molecule has 8 nitrogen and oxygen atoms in total. The molecule has 6 rings (SSSR count). The van der Waals surface area contributed by atoms with Gasteiger partial charge in [0.15, 0.2) is 5.58 Å². The second kappa shape index (κ2) is 9.20. The van der Waals surface area contributed by atoms with Crippen LogP contribution in [0.3, 0.4) is 0 Å². The molecule has 9 heteroatoms. The minimum absolute atomic E-state index is 0.00146. The van der Waals surface area contributed by atoms with Crippen molar-refractivity contribution >= 4 is 40.3 Å². The lowest BCUT2D eigenvalue weighted by molar-refractivity contribution is -0.124. The Morgan fingerprint density at radius 1 is 1.11 bits per heavy atom. The predicted octanol–water partition coefficient (Wildman–Crippen LogP) is 4.97. The van der Waals surface area contributed by atoms with Gasteiger partial charge in [0, 0.05) is 30.7 Å². The Balaban J connectivity index is 1.24. The van der Waals surface area contributed by atoms with Crippen molar-refractivity contribution < 1.29 is 23.1 Å². The van der Waals surface area contributed by atoms with Crippen molar-refractivity contribution in [2.24, 2.45) is 5.92 Å². The van der Waals surface area contributed by atoms with Crippen LogP contribution in [-0.2, 0) is 19.7 Å². The summed E-state index contributed by atoms with van der Waals surface area (Å²) >= 11 is 0. The molecule has 3 aliphatic rings. The van der Waals surface area contributed by atoms with E-state index in [1.807, 2.05) is 18.2 Å². The molecular formula is C27H29FN4O4. The third-order valence-corrected chi connectivity index (χ3v) is 7.86. The first-order valence-corrected chi connectivity index (χ1v) is 12.7. The third-order valence-electron chi connectivity index (χ3n) is 7.86. The van der Waals surface area contributed by atoms with Gasteiger partial charge in [-0.15, -0.1) is 0 Å². The van der Waals surface area contributed by atoms with Crippen LogP contribution in [-0.4, -0.2) is 36.1 Å². The second-order valence-electron chi connectivity index (χ2n) is 10.0. The standard InChI is InChI=1S/C27H29FN4O4/c28-17-6-9-22-21(14-17)31-26(36-22)32-23(16-4-2-1-3-5-16)24(33)29-18-7-8-19-20(15-18)30-25(34)27(19)10-12-35-13-11-27/h6-9,14-16,23H,1-5,10-13H2,(H,29,33)(H,30,34)(H,31,32)/t23-/m0/s1. The second-order valence-corrected chi connectivity index (χ2v) is 10.0. The van der Waals surface area contributed by atoms with Crippen molar-refractivity contribution in [2.75, 3.05) is 29.2 Å². The average molecular weight is 493 g/mol. The van der Waals surface area contributed by atoms with Gasteiger partial charge in [0.2, 0.25) is 11.8 Å². The Bertz CT molecular complexity index is 1310. The molecule has 3 N–H and O–H groups in total. The zero-order valence-corrected chi connectivity index (χ0v) is 19.9. The normalized spacial score (nSPS) is 20.2. The molecule has 1 aromatic heterocycles. The number of fused-ring (bicyclic) bond motifs is 3. The smallest absolute Gasteiger partial charge is 0.296 e. The summed E-state index contributed by atoms with van der Waals surface area (Å²) in [6.07, 6.45) is 6.43. The molecule has 3 heterocycles. The van der Waals surface area contributed by atoms with Gasteiger partial charge in [0.1, 0.15) is 17.4 Å². The molecule has 1 saturated carbocycles. The number of hydrogen-bond donors (Lipinski definition) is 3. The molecule has 0 radical (unpaired) electrons. The van der Waals surface area contributed by atoms with E-state index in [1.54, 1.807) is 0 Å². The molecule has 3 aromatic rings. The van der Waals surface area contributed by atoms with Gasteiger partial charge in [-0.1, -0.05) is 25.3 Å². The SMILES string of the molecule is O=C(Nc1ccc2c(c1)NC(=O)C21CCOCC1)[C@@H](Nc1nc2cc(F)ccc2o1)C1CCCCC1. The van der Waals surface area contributed by atoms with Gasteiger partial charge in [0.05, 0.1) is 5.41 Å². The zero-order valence-electron chi connectivity index (χ0n) is 19.9. The number of ether oxygens (including phenoxy) is 1. The Morgan fingerprint density at radius 3 is 2.72 bits per heavy atom. The van der Waals surface area contributed by atoms with Gasteiger partial charge >= 0.3 is 0 Å². The van der Waals surface area contributed by atoms with Crippen molar-refractivity contribution in [1.82, 2.24) is 4.98 Å². The van der Waals surface area contributed by atoms with Crippen LogP contribution >= 0.6 is 0 Å². The molecule has 1 aliphatic carbocycles. The van der Waals surface area contributed by atoms with Crippen LogP contribution in [0, 0.1) is 11.7 Å². The van der Waals surface area contributed by atoms with Crippen LogP contribution in [0.25, 0.3) is 11.1 Å². The summed E-state index contributed by atoms with van der Waals surface area (Å²) in [5.74, 6) is -0.473. The maximum absolute atomic E-state index is 13.6. The maximum atomic E-state index is 13.6. The van der Waals surface area contributed by atoms with Crippen molar-refractivity contribution in [3.8, 4) is 0 Å². The summed E-state index contributed by atoms with van der Waals surface area (Å²) in [5.41, 5.74) is 2.63. The number of rotatable bonds is 5. The first-order valence-electron chi connectivity index (χ1n) is 12.7. The van der Waals surface area contributed by atoms with Gasteiger partial charge in [-0.2, -0.15) is 4.98 Å². The summed E-state index contributed by atoms with van der Waals surface area (Å²) in [5, 5.41) is 9.23. The molecule has 0 unspecified atom stereocenters. The molecule has 1 spiro atoms. The number of halogens is 1. The van der Waals surface area contributed by atoms with E-state index < -0.39 is 17.3 Å². The van der Waals surface area contributed by atoms with E-state index in [0.29, 0.717) is 42.8 Å². The van der Waals surface area contributed by atoms with E-state index in [2.05, 4.69) is 20.9 Å². The number of anilines is 3. The molecule has 2 amide bonds. The number of nitrogens with zero attached hydrogens (tertiary/aromatic N) is 1. The zero-order chi connectivity index (χ0) is 24.7. The van der Waals surface area contributed by atoms with Crippen molar-refractivity contribution in [1.29, 1.82) is 0 Å². The maximum Gasteiger partial charge on any atom is 0.296 e. The Labute approximate surface area is 208 Å². The first-order chi connectivity index (χ1) is 17.5. The Hall–Kier alpha value is -3.46. The summed E-state index contributed by atoms with van der Waals surface area (Å²) in [6.45, 7) is 1.12. The minimum atomic E-state index is -0.562. The Morgan fingerprint density at radius 2 is 1.92 bits per heavy atom. The van der Waals surface area contributed by atoms with Crippen LogP contribution in [0.1, 0.15) is 50.5 Å². The number of carbonyl (C=O) groups excluding carboxylic acids is 2. The quantitative estimate of drug-likeness (QED) is 0.465. The number of oxazole rings is 1.